The first-order chi connectivity index (χ1) is 10.3. The van der Waals surface area contributed by atoms with Crippen LogP contribution in [0.4, 0.5) is 0 Å². The van der Waals surface area contributed by atoms with Gasteiger partial charge < -0.3 is 10.5 Å². The quantitative estimate of drug-likeness (QED) is 0.924. The molecule has 0 fully saturated rings. The number of aryl methyl sites for hydroxylation is 2. The molecule has 0 amide bonds. The first-order valence-corrected chi connectivity index (χ1v) is 7.76. The van der Waals surface area contributed by atoms with E-state index < -0.39 is 0 Å². The van der Waals surface area contributed by atoms with E-state index in [4.69, 9.17) is 10.5 Å². The molecule has 2 N–H and O–H groups in total. The maximum Gasteiger partial charge on any atom is 0.118 e. The van der Waals surface area contributed by atoms with Crippen LogP contribution in [0.25, 0.3) is 0 Å². The summed E-state index contributed by atoms with van der Waals surface area (Å²) >= 11 is 0. The molecule has 3 rings (SSSR count). The molecular formula is C19H23NO. The summed E-state index contributed by atoms with van der Waals surface area (Å²) < 4.78 is 5.19. The van der Waals surface area contributed by atoms with Crippen LogP contribution in [0.3, 0.4) is 0 Å². The molecule has 2 heteroatoms. The minimum absolute atomic E-state index is 0.0608. The average molecular weight is 281 g/mol. The van der Waals surface area contributed by atoms with E-state index in [0.29, 0.717) is 0 Å². The van der Waals surface area contributed by atoms with Gasteiger partial charge in [0.25, 0.3) is 0 Å². The monoisotopic (exact) mass is 281 g/mol. The Bertz CT molecular complexity index is 603. The molecular weight excluding hydrogens is 258 g/mol. The van der Waals surface area contributed by atoms with Gasteiger partial charge in [0.2, 0.25) is 0 Å². The summed E-state index contributed by atoms with van der Waals surface area (Å²) in [5, 5.41) is 0. The summed E-state index contributed by atoms with van der Waals surface area (Å²) in [6.07, 6.45) is 5.93. The second-order valence-corrected chi connectivity index (χ2v) is 5.89. The smallest absolute Gasteiger partial charge is 0.118 e. The van der Waals surface area contributed by atoms with Crippen molar-refractivity contribution in [3.8, 4) is 5.75 Å². The van der Waals surface area contributed by atoms with Crippen LogP contribution in [0.2, 0.25) is 0 Å². The van der Waals surface area contributed by atoms with Gasteiger partial charge in [-0.15, -0.1) is 0 Å². The predicted octanol–water partition coefficient (Wildman–Crippen LogP) is 3.82. The van der Waals surface area contributed by atoms with Crippen molar-refractivity contribution in [1.29, 1.82) is 0 Å². The zero-order valence-electron chi connectivity index (χ0n) is 12.6. The Morgan fingerprint density at radius 3 is 2.43 bits per heavy atom. The van der Waals surface area contributed by atoms with Gasteiger partial charge in [-0.3, -0.25) is 0 Å². The lowest BCUT2D eigenvalue weighted by atomic mass is 9.88. The van der Waals surface area contributed by atoms with Gasteiger partial charge in [-0.05, 0) is 66.5 Å². The third kappa shape index (κ3) is 3.27. The summed E-state index contributed by atoms with van der Waals surface area (Å²) in [4.78, 5) is 0. The molecule has 0 radical (unpaired) electrons. The number of hydrogen-bond donors (Lipinski definition) is 1. The molecule has 0 aliphatic heterocycles. The van der Waals surface area contributed by atoms with Crippen LogP contribution >= 0.6 is 0 Å². The molecule has 0 heterocycles. The highest BCUT2D eigenvalue weighted by Gasteiger charge is 2.13. The van der Waals surface area contributed by atoms with Crippen molar-refractivity contribution in [3.63, 3.8) is 0 Å². The molecule has 0 saturated carbocycles. The molecule has 1 aliphatic carbocycles. The zero-order valence-corrected chi connectivity index (χ0v) is 12.6. The normalized spacial score (nSPS) is 15.3. The van der Waals surface area contributed by atoms with E-state index in [1.54, 1.807) is 7.11 Å². The SMILES string of the molecule is COc1ccc(CC(N)c2ccc3c(c2)CCCC3)cc1. The second kappa shape index (κ2) is 6.31. The molecule has 1 aliphatic rings. The highest BCUT2D eigenvalue weighted by molar-refractivity contribution is 5.36. The number of rotatable bonds is 4. The van der Waals surface area contributed by atoms with E-state index in [9.17, 15) is 0 Å². The van der Waals surface area contributed by atoms with Crippen molar-refractivity contribution in [2.75, 3.05) is 7.11 Å². The number of nitrogens with two attached hydrogens (primary N) is 1. The molecule has 0 saturated heterocycles. The Morgan fingerprint density at radius 1 is 1.00 bits per heavy atom. The minimum Gasteiger partial charge on any atom is -0.497 e. The summed E-state index contributed by atoms with van der Waals surface area (Å²) in [7, 11) is 1.69. The van der Waals surface area contributed by atoms with Gasteiger partial charge in [0, 0.05) is 6.04 Å². The maximum absolute atomic E-state index is 6.40. The highest BCUT2D eigenvalue weighted by Crippen LogP contribution is 2.25. The number of hydrogen-bond acceptors (Lipinski definition) is 2. The Kier molecular flexibility index (Phi) is 4.26. The summed E-state index contributed by atoms with van der Waals surface area (Å²) in [6.45, 7) is 0. The Labute approximate surface area is 126 Å². The Balaban J connectivity index is 1.73. The van der Waals surface area contributed by atoms with Crippen molar-refractivity contribution in [3.05, 3.63) is 64.7 Å². The van der Waals surface area contributed by atoms with Crippen LogP contribution in [-0.4, -0.2) is 7.11 Å². The number of benzene rings is 2. The van der Waals surface area contributed by atoms with Gasteiger partial charge in [-0.1, -0.05) is 30.3 Å². The van der Waals surface area contributed by atoms with E-state index >= 15 is 0 Å². The topological polar surface area (TPSA) is 35.2 Å². The molecule has 2 nitrogen and oxygen atoms in total. The predicted molar refractivity (Wildman–Crippen MR) is 86.7 cm³/mol. The molecule has 2 aromatic rings. The summed E-state index contributed by atoms with van der Waals surface area (Å²) in [5.41, 5.74) is 11.9. The van der Waals surface area contributed by atoms with E-state index in [2.05, 4.69) is 30.3 Å². The van der Waals surface area contributed by atoms with Crippen molar-refractivity contribution < 1.29 is 4.74 Å². The van der Waals surface area contributed by atoms with E-state index in [0.717, 1.165) is 12.2 Å². The molecule has 0 spiro atoms. The van der Waals surface area contributed by atoms with Crippen molar-refractivity contribution >= 4 is 0 Å². The highest BCUT2D eigenvalue weighted by atomic mass is 16.5. The van der Waals surface area contributed by atoms with E-state index in [-0.39, 0.29) is 6.04 Å². The van der Waals surface area contributed by atoms with Crippen LogP contribution in [0.1, 0.15) is 41.1 Å². The van der Waals surface area contributed by atoms with Crippen LogP contribution in [0, 0.1) is 0 Å². The number of methoxy groups -OCH3 is 1. The lowest BCUT2D eigenvalue weighted by Crippen LogP contribution is -2.14. The molecule has 1 atom stereocenters. The fraction of sp³-hybridized carbons (Fsp3) is 0.368. The average Bonchev–Trinajstić information content (AvgIpc) is 2.55. The molecule has 1 unspecified atom stereocenters. The zero-order chi connectivity index (χ0) is 14.7. The van der Waals surface area contributed by atoms with Crippen LogP contribution in [0.15, 0.2) is 42.5 Å². The largest absolute Gasteiger partial charge is 0.497 e. The molecule has 110 valence electrons. The fourth-order valence-electron chi connectivity index (χ4n) is 3.12. The lowest BCUT2D eigenvalue weighted by molar-refractivity contribution is 0.414. The first kappa shape index (κ1) is 14.2. The number of ether oxygens (including phenoxy) is 1. The van der Waals surface area contributed by atoms with Gasteiger partial charge in [0.15, 0.2) is 0 Å². The first-order valence-electron chi connectivity index (χ1n) is 7.76. The minimum atomic E-state index is 0.0608. The van der Waals surface area contributed by atoms with Crippen LogP contribution in [0.5, 0.6) is 5.75 Å². The molecule has 2 aromatic carbocycles. The lowest BCUT2D eigenvalue weighted by Gasteiger charge is -2.19. The van der Waals surface area contributed by atoms with Gasteiger partial charge in [-0.25, -0.2) is 0 Å². The van der Waals surface area contributed by atoms with Crippen LogP contribution < -0.4 is 10.5 Å². The van der Waals surface area contributed by atoms with Crippen molar-refractivity contribution in [2.24, 2.45) is 5.73 Å². The van der Waals surface area contributed by atoms with E-state index in [1.807, 2.05) is 12.1 Å². The third-order valence-corrected chi connectivity index (χ3v) is 4.42. The second-order valence-electron chi connectivity index (χ2n) is 5.89. The van der Waals surface area contributed by atoms with Gasteiger partial charge in [0.1, 0.15) is 5.75 Å². The van der Waals surface area contributed by atoms with Crippen molar-refractivity contribution in [1.82, 2.24) is 0 Å². The Morgan fingerprint density at radius 2 is 1.71 bits per heavy atom. The van der Waals surface area contributed by atoms with E-state index in [1.165, 1.54) is 47.9 Å². The molecule has 21 heavy (non-hydrogen) atoms. The van der Waals surface area contributed by atoms with Gasteiger partial charge in [0.05, 0.1) is 7.11 Å². The van der Waals surface area contributed by atoms with Gasteiger partial charge >= 0.3 is 0 Å². The fourth-order valence-corrected chi connectivity index (χ4v) is 3.12. The summed E-state index contributed by atoms with van der Waals surface area (Å²) in [6, 6.07) is 15.0. The summed E-state index contributed by atoms with van der Waals surface area (Å²) in [5.74, 6) is 0.890. The molecule has 0 aromatic heterocycles. The maximum atomic E-state index is 6.40. The number of fused-ring (bicyclic) bond motifs is 1. The van der Waals surface area contributed by atoms with Crippen molar-refractivity contribution in [2.45, 2.75) is 38.1 Å². The van der Waals surface area contributed by atoms with Crippen LogP contribution in [-0.2, 0) is 19.3 Å². The Hall–Kier alpha value is -1.80. The standard InChI is InChI=1S/C19H23NO/c1-21-18-10-6-14(7-11-18)12-19(20)17-9-8-15-4-2-3-5-16(15)13-17/h6-11,13,19H,2-5,12,20H2,1H3. The third-order valence-electron chi connectivity index (χ3n) is 4.42. The van der Waals surface area contributed by atoms with Gasteiger partial charge in [-0.2, -0.15) is 0 Å². The molecule has 0 bridgehead atoms.